The molecule has 1 saturated heterocycles. The van der Waals surface area contributed by atoms with E-state index in [0.717, 1.165) is 12.1 Å². The first-order chi connectivity index (χ1) is 14.8. The number of hydrogen-bond donors (Lipinski definition) is 3. The number of hydrogen-bond acceptors (Lipinski definition) is 3. The van der Waals surface area contributed by atoms with Crippen molar-refractivity contribution in [3.63, 3.8) is 0 Å². The van der Waals surface area contributed by atoms with Crippen LogP contribution in [0.2, 0.25) is 0 Å². The smallest absolute Gasteiger partial charge is 0.412 e. The van der Waals surface area contributed by atoms with Crippen molar-refractivity contribution in [2.45, 2.75) is 58.7 Å². The molecule has 6 nitrogen and oxygen atoms in total. The Balaban J connectivity index is 1.54. The first-order valence-electron chi connectivity index (χ1n) is 11.1. The average molecular weight is 425 g/mol. The summed E-state index contributed by atoms with van der Waals surface area (Å²) >= 11 is 0. The number of nitrogens with one attached hydrogen (secondary N) is 3. The largest absolute Gasteiger partial charge is 0.444 e. The molecule has 1 aliphatic heterocycles. The maximum Gasteiger partial charge on any atom is 0.412 e. The molecule has 0 radical (unpaired) electrons. The van der Waals surface area contributed by atoms with E-state index in [2.05, 4.69) is 28.8 Å². The van der Waals surface area contributed by atoms with Crippen LogP contribution in [0.1, 0.15) is 61.5 Å². The first kappa shape index (κ1) is 22.8. The lowest BCUT2D eigenvalue weighted by molar-refractivity contribution is -0.918. The van der Waals surface area contributed by atoms with Crippen LogP contribution < -0.4 is 15.5 Å². The topological polar surface area (TPSA) is 71.9 Å². The Bertz CT molecular complexity index is 882. The molecule has 1 fully saturated rings. The van der Waals surface area contributed by atoms with Crippen LogP contribution in [0.4, 0.5) is 10.5 Å². The number of rotatable bonds is 6. The molecule has 166 valence electrons. The summed E-state index contributed by atoms with van der Waals surface area (Å²) in [7, 11) is 0. The molecular formula is C25H34N3O3+. The standard InChI is InChI=1S/C25H33N3O3/c1-25(2,3)31-24(30)27-22-13-11-19(12-14-22)23(29)26-17-20-9-5-6-10-21(20)18-28-15-7-4-8-16-28/h5-6,9-14H,4,7-8,15-18H2,1-3H3,(H,26,29)(H,27,30)/p+1. The highest BCUT2D eigenvalue weighted by atomic mass is 16.6. The highest BCUT2D eigenvalue weighted by molar-refractivity contribution is 5.95. The molecule has 0 bridgehead atoms. The van der Waals surface area contributed by atoms with E-state index in [1.54, 1.807) is 29.2 Å². The summed E-state index contributed by atoms with van der Waals surface area (Å²) in [6.45, 7) is 9.40. The maximum atomic E-state index is 12.6. The third kappa shape index (κ3) is 7.40. The van der Waals surface area contributed by atoms with Gasteiger partial charge < -0.3 is 15.0 Å². The van der Waals surface area contributed by atoms with Crippen molar-refractivity contribution in [3.8, 4) is 0 Å². The first-order valence-corrected chi connectivity index (χ1v) is 11.1. The summed E-state index contributed by atoms with van der Waals surface area (Å²) in [6, 6.07) is 15.2. The van der Waals surface area contributed by atoms with E-state index in [1.807, 2.05) is 26.8 Å². The van der Waals surface area contributed by atoms with Crippen LogP contribution in [0.15, 0.2) is 48.5 Å². The van der Waals surface area contributed by atoms with Gasteiger partial charge in [0.05, 0.1) is 13.1 Å². The number of likely N-dealkylation sites (tertiary alicyclic amines) is 1. The molecule has 6 heteroatoms. The van der Waals surface area contributed by atoms with Crippen LogP contribution >= 0.6 is 0 Å². The van der Waals surface area contributed by atoms with Crippen LogP contribution in [0.25, 0.3) is 0 Å². The third-order valence-electron chi connectivity index (χ3n) is 5.35. The van der Waals surface area contributed by atoms with Gasteiger partial charge in [0, 0.05) is 23.4 Å². The van der Waals surface area contributed by atoms with Gasteiger partial charge in [0.25, 0.3) is 5.91 Å². The van der Waals surface area contributed by atoms with Crippen molar-refractivity contribution in [2.75, 3.05) is 18.4 Å². The summed E-state index contributed by atoms with van der Waals surface area (Å²) in [5, 5.41) is 5.70. The highest BCUT2D eigenvalue weighted by Crippen LogP contribution is 2.14. The molecule has 1 heterocycles. The van der Waals surface area contributed by atoms with E-state index in [9.17, 15) is 9.59 Å². The van der Waals surface area contributed by atoms with Crippen LogP contribution in [-0.2, 0) is 17.8 Å². The third-order valence-corrected chi connectivity index (χ3v) is 5.35. The summed E-state index contributed by atoms with van der Waals surface area (Å²) in [5.41, 5.74) is 3.04. The molecule has 0 aromatic heterocycles. The second-order valence-corrected chi connectivity index (χ2v) is 9.14. The minimum atomic E-state index is -0.560. The van der Waals surface area contributed by atoms with Gasteiger partial charge in [-0.25, -0.2) is 4.79 Å². The lowest BCUT2D eigenvalue weighted by atomic mass is 10.0. The molecule has 1 aliphatic rings. The van der Waals surface area contributed by atoms with Gasteiger partial charge in [0.1, 0.15) is 12.1 Å². The summed E-state index contributed by atoms with van der Waals surface area (Å²) in [4.78, 5) is 26.1. The van der Waals surface area contributed by atoms with E-state index in [4.69, 9.17) is 4.74 Å². The van der Waals surface area contributed by atoms with Gasteiger partial charge in [-0.05, 0) is 69.9 Å². The zero-order valence-electron chi connectivity index (χ0n) is 18.8. The Morgan fingerprint density at radius 1 is 0.935 bits per heavy atom. The molecule has 31 heavy (non-hydrogen) atoms. The summed E-state index contributed by atoms with van der Waals surface area (Å²) < 4.78 is 5.24. The van der Waals surface area contributed by atoms with E-state index in [0.29, 0.717) is 17.8 Å². The van der Waals surface area contributed by atoms with Crippen LogP contribution in [-0.4, -0.2) is 30.7 Å². The number of benzene rings is 2. The molecule has 2 amide bonds. The number of carbonyl (C=O) groups excluding carboxylic acids is 2. The van der Waals surface area contributed by atoms with E-state index in [-0.39, 0.29) is 5.91 Å². The van der Waals surface area contributed by atoms with Gasteiger partial charge in [0.2, 0.25) is 0 Å². The van der Waals surface area contributed by atoms with E-state index < -0.39 is 11.7 Å². The molecule has 0 aliphatic carbocycles. The molecule has 0 unspecified atom stereocenters. The van der Waals surface area contributed by atoms with Gasteiger partial charge in [0.15, 0.2) is 0 Å². The van der Waals surface area contributed by atoms with Gasteiger partial charge in [-0.15, -0.1) is 0 Å². The quantitative estimate of drug-likeness (QED) is 0.664. The Morgan fingerprint density at radius 2 is 1.58 bits per heavy atom. The van der Waals surface area contributed by atoms with Crippen LogP contribution in [0.3, 0.4) is 0 Å². The van der Waals surface area contributed by atoms with Crippen molar-refractivity contribution in [3.05, 3.63) is 65.2 Å². The predicted molar refractivity (Wildman–Crippen MR) is 122 cm³/mol. The minimum absolute atomic E-state index is 0.135. The Hall–Kier alpha value is -2.86. The number of piperidine rings is 1. The second kappa shape index (κ2) is 10.4. The van der Waals surface area contributed by atoms with Crippen LogP contribution in [0, 0.1) is 0 Å². The van der Waals surface area contributed by atoms with Gasteiger partial charge >= 0.3 is 6.09 Å². The fourth-order valence-electron chi connectivity index (χ4n) is 3.80. The molecule has 2 aromatic carbocycles. The monoisotopic (exact) mass is 424 g/mol. The van der Waals surface area contributed by atoms with Crippen molar-refractivity contribution < 1.29 is 19.2 Å². The lowest BCUT2D eigenvalue weighted by Gasteiger charge is -2.24. The van der Waals surface area contributed by atoms with Gasteiger partial charge in [-0.1, -0.05) is 24.3 Å². The normalized spacial score (nSPS) is 14.7. The number of anilines is 1. The SMILES string of the molecule is CC(C)(C)OC(=O)Nc1ccc(C(=O)NCc2ccccc2C[NH+]2CCCCC2)cc1. The van der Waals surface area contributed by atoms with Crippen molar-refractivity contribution in [1.29, 1.82) is 0 Å². The molecule has 0 atom stereocenters. The zero-order valence-corrected chi connectivity index (χ0v) is 18.8. The van der Waals surface area contributed by atoms with Crippen LogP contribution in [0.5, 0.6) is 0 Å². The van der Waals surface area contributed by atoms with Crippen molar-refractivity contribution in [2.24, 2.45) is 0 Å². The number of amides is 2. The molecule has 0 spiro atoms. The molecule has 0 saturated carbocycles. The van der Waals surface area contributed by atoms with E-state index >= 15 is 0 Å². The number of quaternary nitrogens is 1. The Morgan fingerprint density at radius 3 is 2.23 bits per heavy atom. The minimum Gasteiger partial charge on any atom is -0.444 e. The summed E-state index contributed by atoms with van der Waals surface area (Å²) in [6.07, 6.45) is 3.42. The summed E-state index contributed by atoms with van der Waals surface area (Å²) in [5.74, 6) is -0.135. The molecule has 3 N–H and O–H groups in total. The Kier molecular flexibility index (Phi) is 7.69. The highest BCUT2D eigenvalue weighted by Gasteiger charge is 2.17. The number of ether oxygens (including phenoxy) is 1. The maximum absolute atomic E-state index is 12.6. The number of carbonyl (C=O) groups is 2. The van der Waals surface area contributed by atoms with Crippen molar-refractivity contribution in [1.82, 2.24) is 5.32 Å². The zero-order chi connectivity index (χ0) is 22.3. The fraction of sp³-hybridized carbons (Fsp3) is 0.440. The lowest BCUT2D eigenvalue weighted by Crippen LogP contribution is -3.11. The van der Waals surface area contributed by atoms with Crippen molar-refractivity contribution >= 4 is 17.7 Å². The van der Waals surface area contributed by atoms with Gasteiger partial charge in [-0.2, -0.15) is 0 Å². The average Bonchev–Trinajstić information content (AvgIpc) is 2.73. The predicted octanol–water partition coefficient (Wildman–Crippen LogP) is 3.53. The molecule has 3 rings (SSSR count). The van der Waals surface area contributed by atoms with Gasteiger partial charge in [-0.3, -0.25) is 10.1 Å². The van der Waals surface area contributed by atoms with E-state index in [1.165, 1.54) is 37.9 Å². The molecule has 2 aromatic rings. The molecular weight excluding hydrogens is 390 g/mol. The fourth-order valence-corrected chi connectivity index (χ4v) is 3.80. The second-order valence-electron chi connectivity index (χ2n) is 9.14. The Labute approximate surface area is 185 Å².